The average molecular weight is 587 g/mol. The molecule has 4 heterocycles. The fraction of sp³-hybridized carbons (Fsp3) is 0.414. The Balaban J connectivity index is 1.56. The van der Waals surface area contributed by atoms with E-state index in [-0.39, 0.29) is 23.8 Å². The summed E-state index contributed by atoms with van der Waals surface area (Å²) in [6.45, 7) is 6.54. The third-order valence-corrected chi connectivity index (χ3v) is 8.21. The van der Waals surface area contributed by atoms with Gasteiger partial charge in [0.05, 0.1) is 42.6 Å². The number of ether oxygens (including phenoxy) is 3. The van der Waals surface area contributed by atoms with E-state index in [0.29, 0.717) is 64.1 Å². The molecule has 0 radical (unpaired) electrons. The largest absolute Gasteiger partial charge is 0.495 e. The molecule has 0 aliphatic carbocycles. The van der Waals surface area contributed by atoms with Crippen LogP contribution >= 0.6 is 23.2 Å². The zero-order valence-electron chi connectivity index (χ0n) is 22.8. The van der Waals surface area contributed by atoms with Crippen LogP contribution in [0, 0.1) is 5.92 Å². The van der Waals surface area contributed by atoms with Crippen LogP contribution in [0.3, 0.4) is 0 Å². The molecule has 2 aliphatic rings. The van der Waals surface area contributed by atoms with Gasteiger partial charge in [-0.15, -0.1) is 0 Å². The van der Waals surface area contributed by atoms with Gasteiger partial charge in [0.25, 0.3) is 0 Å². The topological polar surface area (TPSA) is 97.8 Å². The number of methoxy groups -OCH3 is 2. The highest BCUT2D eigenvalue weighted by molar-refractivity contribution is 6.41. The summed E-state index contributed by atoms with van der Waals surface area (Å²) in [5, 5.41) is 9.54. The van der Waals surface area contributed by atoms with Crippen LogP contribution in [0.4, 0.5) is 11.6 Å². The molecule has 2 aliphatic heterocycles. The summed E-state index contributed by atoms with van der Waals surface area (Å²) in [6, 6.07) is 5.74. The first kappa shape index (κ1) is 28.4. The molecule has 0 spiro atoms. The highest BCUT2D eigenvalue weighted by Crippen LogP contribution is 2.46. The number of hydrogen-bond acceptors (Lipinski definition) is 9. The van der Waals surface area contributed by atoms with Gasteiger partial charge in [0.15, 0.2) is 5.78 Å². The third kappa shape index (κ3) is 5.83. The second kappa shape index (κ2) is 12.2. The average Bonchev–Trinajstić information content (AvgIpc) is 3.58. The first-order valence-electron chi connectivity index (χ1n) is 13.2. The minimum absolute atomic E-state index is 0.0482. The van der Waals surface area contributed by atoms with Crippen molar-refractivity contribution in [1.82, 2.24) is 14.9 Å². The number of anilines is 2. The number of rotatable bonds is 10. The quantitative estimate of drug-likeness (QED) is 0.307. The zero-order valence-corrected chi connectivity index (χ0v) is 24.3. The van der Waals surface area contributed by atoms with Gasteiger partial charge in [-0.3, -0.25) is 4.79 Å². The Hall–Kier alpha value is -3.11. The van der Waals surface area contributed by atoms with Gasteiger partial charge < -0.3 is 29.7 Å². The van der Waals surface area contributed by atoms with Crippen LogP contribution in [0.2, 0.25) is 10.0 Å². The van der Waals surface area contributed by atoms with Crippen molar-refractivity contribution >= 4 is 51.4 Å². The smallest absolute Gasteiger partial charge is 0.155 e. The van der Waals surface area contributed by atoms with Crippen LogP contribution in [0.15, 0.2) is 37.1 Å². The first-order valence-corrected chi connectivity index (χ1v) is 13.9. The predicted octanol–water partition coefficient (Wildman–Crippen LogP) is 5.31. The maximum absolute atomic E-state index is 12.1. The number of likely N-dealkylation sites (tertiary alicyclic amines) is 1. The fourth-order valence-corrected chi connectivity index (χ4v) is 6.10. The number of benzene rings is 1. The van der Waals surface area contributed by atoms with E-state index in [0.717, 1.165) is 30.3 Å². The number of carbonyl (C=O) groups excluding carboxylic acids is 1. The number of halogens is 2. The van der Waals surface area contributed by atoms with Gasteiger partial charge in [-0.2, -0.15) is 0 Å². The molecule has 1 aromatic carbocycles. The van der Waals surface area contributed by atoms with Crippen LogP contribution in [-0.2, 0) is 9.53 Å². The standard InChI is InChI=1S/C29H33Cl2N5O4/c1-5-19(37)8-17-13-36(2)14-22(17)34-25-10-20-16(12-32-25)9-21(35-29(20)33-18-6-7-40-15-18)26-27(30)23(38-3)11-24(39-4)28(26)31/h5,9-12,17-18,22H,1,6-8,13-15H2,2-4H3,(H,32,34)(H,33,35)/t17-,18?,22+/m0/s1. The van der Waals surface area contributed by atoms with E-state index in [9.17, 15) is 4.79 Å². The Morgan fingerprint density at radius 1 is 1.18 bits per heavy atom. The number of aromatic nitrogens is 2. The first-order chi connectivity index (χ1) is 19.3. The van der Waals surface area contributed by atoms with Crippen molar-refractivity contribution in [2.45, 2.75) is 24.9 Å². The van der Waals surface area contributed by atoms with E-state index in [4.69, 9.17) is 47.4 Å². The number of pyridine rings is 2. The number of nitrogens with one attached hydrogen (secondary N) is 2. The molecule has 2 fully saturated rings. The molecule has 2 aromatic heterocycles. The molecule has 212 valence electrons. The number of fused-ring (bicyclic) bond motifs is 1. The number of ketones is 1. The Morgan fingerprint density at radius 3 is 2.58 bits per heavy atom. The Kier molecular flexibility index (Phi) is 8.65. The van der Waals surface area contributed by atoms with Crippen LogP contribution < -0.4 is 20.1 Å². The maximum atomic E-state index is 12.1. The van der Waals surface area contributed by atoms with Crippen LogP contribution in [0.1, 0.15) is 12.8 Å². The molecule has 2 saturated heterocycles. The molecule has 3 atom stereocenters. The second-order valence-electron chi connectivity index (χ2n) is 10.2. The van der Waals surface area contributed by atoms with Crippen molar-refractivity contribution in [3.63, 3.8) is 0 Å². The van der Waals surface area contributed by atoms with E-state index in [1.807, 2.05) is 12.1 Å². The SMILES string of the molecule is C=CC(=O)C[C@H]1CN(C)C[C@H]1Nc1cc2c(NC3CCOC3)nc(-c3c(Cl)c(OC)cc(OC)c3Cl)cc2cn1. The monoisotopic (exact) mass is 585 g/mol. The van der Waals surface area contributed by atoms with Gasteiger partial charge in [0, 0.05) is 66.7 Å². The molecule has 9 nitrogen and oxygen atoms in total. The minimum atomic E-state index is 0.0482. The summed E-state index contributed by atoms with van der Waals surface area (Å²) in [7, 11) is 5.14. The van der Waals surface area contributed by atoms with E-state index < -0.39 is 0 Å². The fourth-order valence-electron chi connectivity index (χ4n) is 5.40. The molecule has 0 bridgehead atoms. The number of carbonyl (C=O) groups is 1. The lowest BCUT2D eigenvalue weighted by atomic mass is 9.97. The highest BCUT2D eigenvalue weighted by atomic mass is 35.5. The second-order valence-corrected chi connectivity index (χ2v) is 11.0. The molecule has 11 heteroatoms. The summed E-state index contributed by atoms with van der Waals surface area (Å²) in [5.41, 5.74) is 1.07. The molecule has 5 rings (SSSR count). The molecule has 2 N–H and O–H groups in total. The maximum Gasteiger partial charge on any atom is 0.155 e. The normalized spacial score (nSPS) is 21.0. The number of hydrogen-bond donors (Lipinski definition) is 2. The van der Waals surface area contributed by atoms with Crippen LogP contribution in [0.25, 0.3) is 22.0 Å². The molecule has 0 amide bonds. The van der Waals surface area contributed by atoms with Gasteiger partial charge >= 0.3 is 0 Å². The van der Waals surface area contributed by atoms with E-state index in [1.165, 1.54) is 20.3 Å². The van der Waals surface area contributed by atoms with E-state index in [2.05, 4.69) is 29.2 Å². The molecular weight excluding hydrogens is 553 g/mol. The van der Waals surface area contributed by atoms with Crippen LogP contribution in [0.5, 0.6) is 11.5 Å². The zero-order chi connectivity index (χ0) is 28.4. The summed E-state index contributed by atoms with van der Waals surface area (Å²) in [5.74, 6) is 2.46. The molecule has 3 aromatic rings. The van der Waals surface area contributed by atoms with Crippen molar-refractivity contribution in [1.29, 1.82) is 0 Å². The van der Waals surface area contributed by atoms with Gasteiger partial charge in [0.2, 0.25) is 0 Å². The minimum Gasteiger partial charge on any atom is -0.495 e. The Bertz CT molecular complexity index is 1400. The van der Waals surface area contributed by atoms with Gasteiger partial charge in [-0.05, 0) is 31.7 Å². The lowest BCUT2D eigenvalue weighted by Crippen LogP contribution is -2.30. The van der Waals surface area contributed by atoms with Crippen molar-refractivity contribution in [3.8, 4) is 22.8 Å². The summed E-state index contributed by atoms with van der Waals surface area (Å²) >= 11 is 13.5. The van der Waals surface area contributed by atoms with Gasteiger partial charge in [-0.1, -0.05) is 29.8 Å². The number of allylic oxidation sites excluding steroid dienone is 1. The summed E-state index contributed by atoms with van der Waals surface area (Å²) in [4.78, 5) is 24.0. The third-order valence-electron chi connectivity index (χ3n) is 7.46. The lowest BCUT2D eigenvalue weighted by Gasteiger charge is -2.21. The van der Waals surface area contributed by atoms with Crippen molar-refractivity contribution in [3.05, 3.63) is 47.1 Å². The van der Waals surface area contributed by atoms with Crippen molar-refractivity contribution in [2.24, 2.45) is 5.92 Å². The predicted molar refractivity (Wildman–Crippen MR) is 159 cm³/mol. The molecular formula is C29H33Cl2N5O4. The number of likely N-dealkylation sites (N-methyl/N-ethyl adjacent to an activating group) is 1. The van der Waals surface area contributed by atoms with Crippen molar-refractivity contribution < 1.29 is 19.0 Å². The van der Waals surface area contributed by atoms with Crippen molar-refractivity contribution in [2.75, 3.05) is 58.2 Å². The van der Waals surface area contributed by atoms with Gasteiger partial charge in [-0.25, -0.2) is 9.97 Å². The Labute approximate surface area is 243 Å². The Morgan fingerprint density at radius 2 is 1.93 bits per heavy atom. The molecule has 1 unspecified atom stereocenters. The molecule has 0 saturated carbocycles. The van der Waals surface area contributed by atoms with Gasteiger partial charge in [0.1, 0.15) is 23.1 Å². The summed E-state index contributed by atoms with van der Waals surface area (Å²) in [6.07, 6.45) is 4.52. The van der Waals surface area contributed by atoms with E-state index >= 15 is 0 Å². The highest BCUT2D eigenvalue weighted by Gasteiger charge is 2.32. The van der Waals surface area contributed by atoms with Crippen LogP contribution in [-0.4, -0.2) is 80.3 Å². The lowest BCUT2D eigenvalue weighted by molar-refractivity contribution is -0.115. The molecule has 40 heavy (non-hydrogen) atoms. The number of nitrogens with zero attached hydrogens (tertiary/aromatic N) is 3. The summed E-state index contributed by atoms with van der Waals surface area (Å²) < 4.78 is 16.6. The van der Waals surface area contributed by atoms with E-state index in [1.54, 1.807) is 12.3 Å².